The zero-order valence-electron chi connectivity index (χ0n) is 12.8. The summed E-state index contributed by atoms with van der Waals surface area (Å²) in [4.78, 5) is 12.9. The standard InChI is InChI=1S/C13H24N4O2S/c1-9(2)12-14-15-13(20-8-11(18)19)17(12)10(3)6-7-16(4)5/h9-10H,6-8H2,1-5H3,(H,18,19). The highest BCUT2D eigenvalue weighted by Gasteiger charge is 2.20. The van der Waals surface area contributed by atoms with Gasteiger partial charge in [0.2, 0.25) is 0 Å². The Kier molecular flexibility index (Phi) is 6.48. The van der Waals surface area contributed by atoms with Gasteiger partial charge in [-0.1, -0.05) is 25.6 Å². The number of carbonyl (C=O) groups is 1. The van der Waals surface area contributed by atoms with Crippen LogP contribution in [-0.4, -0.2) is 57.1 Å². The quantitative estimate of drug-likeness (QED) is 0.741. The normalized spacial score (nSPS) is 13.2. The Morgan fingerprint density at radius 2 is 2.00 bits per heavy atom. The molecule has 1 heterocycles. The lowest BCUT2D eigenvalue weighted by Crippen LogP contribution is -2.19. The van der Waals surface area contributed by atoms with E-state index in [9.17, 15) is 4.79 Å². The molecule has 1 aromatic heterocycles. The Balaban J connectivity index is 2.92. The molecular formula is C13H24N4O2S. The third kappa shape index (κ3) is 4.79. The number of hydrogen-bond acceptors (Lipinski definition) is 5. The molecule has 0 aliphatic heterocycles. The van der Waals surface area contributed by atoms with Gasteiger partial charge >= 0.3 is 5.97 Å². The summed E-state index contributed by atoms with van der Waals surface area (Å²) in [7, 11) is 4.09. The SMILES string of the molecule is CC(C)c1nnc(SCC(=O)O)n1C(C)CCN(C)C. The van der Waals surface area contributed by atoms with Gasteiger partial charge in [0, 0.05) is 12.0 Å². The van der Waals surface area contributed by atoms with Gasteiger partial charge in [0.05, 0.1) is 5.75 Å². The Labute approximate surface area is 124 Å². The van der Waals surface area contributed by atoms with Crippen molar-refractivity contribution in [3.8, 4) is 0 Å². The number of carboxylic acids is 1. The molecule has 1 N–H and O–H groups in total. The molecule has 0 saturated carbocycles. The first-order chi connectivity index (χ1) is 9.32. The maximum Gasteiger partial charge on any atom is 0.313 e. The average Bonchev–Trinajstić information content (AvgIpc) is 2.77. The van der Waals surface area contributed by atoms with Crippen LogP contribution in [0.3, 0.4) is 0 Å². The maximum atomic E-state index is 10.7. The van der Waals surface area contributed by atoms with Crippen molar-refractivity contribution < 1.29 is 9.90 Å². The number of rotatable bonds is 8. The van der Waals surface area contributed by atoms with E-state index in [1.165, 1.54) is 11.8 Å². The summed E-state index contributed by atoms with van der Waals surface area (Å²) < 4.78 is 2.09. The summed E-state index contributed by atoms with van der Waals surface area (Å²) >= 11 is 1.23. The van der Waals surface area contributed by atoms with Crippen molar-refractivity contribution in [2.45, 2.75) is 44.3 Å². The smallest absolute Gasteiger partial charge is 0.313 e. The monoisotopic (exact) mass is 300 g/mol. The van der Waals surface area contributed by atoms with Crippen LogP contribution in [0.15, 0.2) is 5.16 Å². The maximum absolute atomic E-state index is 10.7. The van der Waals surface area contributed by atoms with Gasteiger partial charge < -0.3 is 14.6 Å². The molecule has 0 bridgehead atoms. The van der Waals surface area contributed by atoms with Crippen LogP contribution in [0.2, 0.25) is 0 Å². The second kappa shape index (κ2) is 7.64. The summed E-state index contributed by atoms with van der Waals surface area (Å²) in [6.07, 6.45) is 0.978. The lowest BCUT2D eigenvalue weighted by atomic mass is 10.1. The fourth-order valence-electron chi connectivity index (χ4n) is 1.90. The average molecular weight is 300 g/mol. The van der Waals surface area contributed by atoms with Crippen LogP contribution in [0.5, 0.6) is 0 Å². The molecular weight excluding hydrogens is 276 g/mol. The van der Waals surface area contributed by atoms with Crippen molar-refractivity contribution in [3.63, 3.8) is 0 Å². The number of thioether (sulfide) groups is 1. The van der Waals surface area contributed by atoms with E-state index in [4.69, 9.17) is 5.11 Å². The van der Waals surface area contributed by atoms with E-state index in [0.29, 0.717) is 5.16 Å². The van der Waals surface area contributed by atoms with Gasteiger partial charge in [-0.3, -0.25) is 4.79 Å². The van der Waals surface area contributed by atoms with Crippen LogP contribution in [0, 0.1) is 0 Å². The largest absolute Gasteiger partial charge is 0.481 e. The van der Waals surface area contributed by atoms with E-state index in [1.807, 2.05) is 14.1 Å². The van der Waals surface area contributed by atoms with Gasteiger partial charge in [0.15, 0.2) is 5.16 Å². The minimum Gasteiger partial charge on any atom is -0.481 e. The highest BCUT2D eigenvalue weighted by molar-refractivity contribution is 7.99. The molecule has 0 radical (unpaired) electrons. The molecule has 0 aliphatic rings. The minimum atomic E-state index is -0.836. The van der Waals surface area contributed by atoms with E-state index < -0.39 is 5.97 Å². The molecule has 0 spiro atoms. The van der Waals surface area contributed by atoms with Crippen molar-refractivity contribution in [1.82, 2.24) is 19.7 Å². The third-order valence-electron chi connectivity index (χ3n) is 2.97. The Morgan fingerprint density at radius 3 is 2.50 bits per heavy atom. The molecule has 1 unspecified atom stereocenters. The molecule has 0 amide bonds. The predicted octanol–water partition coefficient (Wildman–Crippen LogP) is 2.09. The summed E-state index contributed by atoms with van der Waals surface area (Å²) in [5.74, 6) is 0.362. The van der Waals surface area contributed by atoms with Crippen LogP contribution in [-0.2, 0) is 4.79 Å². The zero-order chi connectivity index (χ0) is 15.3. The third-order valence-corrected chi connectivity index (χ3v) is 3.89. The number of carboxylic acid groups (broad SMARTS) is 1. The molecule has 6 nitrogen and oxygen atoms in total. The number of hydrogen-bond donors (Lipinski definition) is 1. The van der Waals surface area contributed by atoms with Crippen molar-refractivity contribution in [3.05, 3.63) is 5.82 Å². The Bertz CT molecular complexity index is 446. The Morgan fingerprint density at radius 1 is 1.35 bits per heavy atom. The number of nitrogens with zero attached hydrogens (tertiary/aromatic N) is 4. The summed E-state index contributed by atoms with van der Waals surface area (Å²) in [5.41, 5.74) is 0. The fraction of sp³-hybridized carbons (Fsp3) is 0.769. The van der Waals surface area contributed by atoms with Crippen molar-refractivity contribution in [2.24, 2.45) is 0 Å². The van der Waals surface area contributed by atoms with Crippen LogP contribution >= 0.6 is 11.8 Å². The Hall–Kier alpha value is -1.08. The van der Waals surface area contributed by atoms with Crippen molar-refractivity contribution >= 4 is 17.7 Å². The molecule has 0 aliphatic carbocycles. The van der Waals surface area contributed by atoms with E-state index >= 15 is 0 Å². The van der Waals surface area contributed by atoms with E-state index in [2.05, 4.69) is 40.4 Å². The van der Waals surface area contributed by atoms with Gasteiger partial charge in [-0.15, -0.1) is 10.2 Å². The second-order valence-electron chi connectivity index (χ2n) is 5.49. The summed E-state index contributed by atoms with van der Waals surface area (Å²) in [6.45, 7) is 7.25. The first-order valence-corrected chi connectivity index (χ1v) is 7.75. The van der Waals surface area contributed by atoms with Crippen molar-refractivity contribution in [1.29, 1.82) is 0 Å². The van der Waals surface area contributed by atoms with Crippen LogP contribution in [0.25, 0.3) is 0 Å². The van der Waals surface area contributed by atoms with Gasteiger partial charge in [-0.25, -0.2) is 0 Å². The summed E-state index contributed by atoms with van der Waals surface area (Å²) in [6, 6.07) is 0.251. The molecule has 1 rings (SSSR count). The second-order valence-corrected chi connectivity index (χ2v) is 6.43. The highest BCUT2D eigenvalue weighted by Crippen LogP contribution is 2.27. The molecule has 20 heavy (non-hydrogen) atoms. The molecule has 1 atom stereocenters. The van der Waals surface area contributed by atoms with Gasteiger partial charge in [0.25, 0.3) is 0 Å². The molecule has 1 aromatic rings. The molecule has 7 heteroatoms. The van der Waals surface area contributed by atoms with Gasteiger partial charge in [0.1, 0.15) is 5.82 Å². The molecule has 114 valence electrons. The van der Waals surface area contributed by atoms with Crippen LogP contribution in [0.1, 0.15) is 45.0 Å². The van der Waals surface area contributed by atoms with Crippen LogP contribution < -0.4 is 0 Å². The van der Waals surface area contributed by atoms with Crippen molar-refractivity contribution in [2.75, 3.05) is 26.4 Å². The van der Waals surface area contributed by atoms with Gasteiger partial charge in [-0.2, -0.15) is 0 Å². The lowest BCUT2D eigenvalue weighted by Gasteiger charge is -2.20. The molecule has 0 aromatic carbocycles. The van der Waals surface area contributed by atoms with E-state index in [-0.39, 0.29) is 17.7 Å². The summed E-state index contributed by atoms with van der Waals surface area (Å²) in [5, 5.41) is 17.9. The molecule has 0 fully saturated rings. The van der Waals surface area contributed by atoms with Gasteiger partial charge in [-0.05, 0) is 34.0 Å². The first kappa shape index (κ1) is 17.0. The molecule has 0 saturated heterocycles. The highest BCUT2D eigenvalue weighted by atomic mass is 32.2. The topological polar surface area (TPSA) is 71.2 Å². The van der Waals surface area contributed by atoms with Crippen LogP contribution in [0.4, 0.5) is 0 Å². The fourth-order valence-corrected chi connectivity index (χ4v) is 2.66. The lowest BCUT2D eigenvalue weighted by molar-refractivity contribution is -0.133. The van der Waals surface area contributed by atoms with E-state index in [0.717, 1.165) is 18.8 Å². The zero-order valence-corrected chi connectivity index (χ0v) is 13.6. The number of aromatic nitrogens is 3. The number of aliphatic carboxylic acids is 1. The van der Waals surface area contributed by atoms with E-state index in [1.54, 1.807) is 0 Å². The first-order valence-electron chi connectivity index (χ1n) is 6.77. The predicted molar refractivity (Wildman–Crippen MR) is 80.4 cm³/mol. The minimum absolute atomic E-state index is 0.0105.